The van der Waals surface area contributed by atoms with Crippen molar-refractivity contribution in [3.05, 3.63) is 24.3 Å². The Bertz CT molecular complexity index is 278. The average Bonchev–Trinajstić information content (AvgIpc) is 2.06. The molecule has 3 nitrogen and oxygen atoms in total. The first kappa shape index (κ1) is 8.62. The summed E-state index contributed by atoms with van der Waals surface area (Å²) in [5.74, 6) is 0.405. The Labute approximate surface area is 80.7 Å². The molecule has 0 amide bonds. The van der Waals surface area contributed by atoms with Gasteiger partial charge in [-0.15, -0.1) is 0 Å². The van der Waals surface area contributed by atoms with E-state index in [1.165, 1.54) is 0 Å². The van der Waals surface area contributed by atoms with Crippen LogP contribution in [0.1, 0.15) is 5.82 Å². The van der Waals surface area contributed by atoms with Crippen LogP contribution in [0.3, 0.4) is 0 Å². The highest BCUT2D eigenvalue weighted by molar-refractivity contribution is 9.25. The number of rotatable bonds is 1. The van der Waals surface area contributed by atoms with Crippen LogP contribution in [0.5, 0.6) is 0 Å². The van der Waals surface area contributed by atoms with Gasteiger partial charge in [-0.2, -0.15) is 5.26 Å². The van der Waals surface area contributed by atoms with Crippen molar-refractivity contribution < 1.29 is 0 Å². The standard InChI is InChI=1S/C6H3Br2N3/c7-6(8,4-9)5-10-2-1-3-11-5/h1-3H. The lowest BCUT2D eigenvalue weighted by atomic mass is 10.4. The number of nitrogens with zero attached hydrogens (tertiary/aromatic N) is 3. The Kier molecular flexibility index (Phi) is 2.58. The molecule has 0 saturated carbocycles. The van der Waals surface area contributed by atoms with Gasteiger partial charge >= 0.3 is 0 Å². The van der Waals surface area contributed by atoms with E-state index in [9.17, 15) is 0 Å². The predicted octanol–water partition coefficient (Wildman–Crippen LogP) is 1.94. The molecule has 11 heavy (non-hydrogen) atoms. The van der Waals surface area contributed by atoms with Crippen LogP contribution in [0.4, 0.5) is 0 Å². The molecule has 0 aromatic carbocycles. The fourth-order valence-electron chi connectivity index (χ4n) is 0.511. The first-order valence-corrected chi connectivity index (χ1v) is 4.32. The maximum Gasteiger partial charge on any atom is 0.225 e. The first-order chi connectivity index (χ1) is 5.17. The highest BCUT2D eigenvalue weighted by Crippen LogP contribution is 2.34. The van der Waals surface area contributed by atoms with Crippen molar-refractivity contribution in [3.8, 4) is 6.07 Å². The Balaban J connectivity index is 3.05. The van der Waals surface area contributed by atoms with Gasteiger partial charge < -0.3 is 0 Å². The molecule has 0 unspecified atom stereocenters. The molecule has 0 atom stereocenters. The second kappa shape index (κ2) is 3.28. The number of alkyl halides is 2. The maximum atomic E-state index is 8.62. The van der Waals surface area contributed by atoms with Gasteiger partial charge in [0.2, 0.25) is 3.23 Å². The molecule has 5 heteroatoms. The highest BCUT2D eigenvalue weighted by atomic mass is 79.9. The van der Waals surface area contributed by atoms with Gasteiger partial charge in [0, 0.05) is 12.4 Å². The molecule has 0 bridgehead atoms. The minimum absolute atomic E-state index is 0.405. The van der Waals surface area contributed by atoms with E-state index in [1.807, 2.05) is 6.07 Å². The summed E-state index contributed by atoms with van der Waals surface area (Å²) in [5, 5.41) is 8.62. The molecule has 0 aliphatic heterocycles. The summed E-state index contributed by atoms with van der Waals surface area (Å²) in [4.78, 5) is 7.79. The summed E-state index contributed by atoms with van der Waals surface area (Å²) in [5.41, 5.74) is 0. The molecule has 0 saturated heterocycles. The van der Waals surface area contributed by atoms with Crippen LogP contribution in [0, 0.1) is 11.3 Å². The minimum Gasteiger partial charge on any atom is -0.238 e. The van der Waals surface area contributed by atoms with Crippen molar-refractivity contribution in [3.63, 3.8) is 0 Å². The van der Waals surface area contributed by atoms with Gasteiger partial charge in [-0.05, 0) is 37.9 Å². The number of hydrogen-bond donors (Lipinski definition) is 0. The van der Waals surface area contributed by atoms with Crippen LogP contribution in [0.15, 0.2) is 18.5 Å². The van der Waals surface area contributed by atoms with Gasteiger partial charge in [-0.1, -0.05) is 0 Å². The lowest BCUT2D eigenvalue weighted by Crippen LogP contribution is -2.09. The van der Waals surface area contributed by atoms with E-state index in [2.05, 4.69) is 41.8 Å². The van der Waals surface area contributed by atoms with Crippen LogP contribution >= 0.6 is 31.9 Å². The summed E-state index contributed by atoms with van der Waals surface area (Å²) in [6, 6.07) is 3.66. The predicted molar refractivity (Wildman–Crippen MR) is 47.2 cm³/mol. The van der Waals surface area contributed by atoms with Crippen LogP contribution in [-0.2, 0) is 3.23 Å². The summed E-state index contributed by atoms with van der Waals surface area (Å²) < 4.78 is -0.957. The van der Waals surface area contributed by atoms with E-state index in [1.54, 1.807) is 18.5 Å². The molecule has 1 aromatic rings. The highest BCUT2D eigenvalue weighted by Gasteiger charge is 2.27. The molecule has 0 aliphatic rings. The molecule has 0 spiro atoms. The van der Waals surface area contributed by atoms with Crippen LogP contribution in [0.2, 0.25) is 0 Å². The van der Waals surface area contributed by atoms with E-state index >= 15 is 0 Å². The zero-order valence-electron chi connectivity index (χ0n) is 5.33. The topological polar surface area (TPSA) is 49.6 Å². The monoisotopic (exact) mass is 275 g/mol. The Morgan fingerprint density at radius 2 is 1.91 bits per heavy atom. The molecular formula is C6H3Br2N3. The number of halogens is 2. The maximum absolute atomic E-state index is 8.62. The fraction of sp³-hybridized carbons (Fsp3) is 0.167. The van der Waals surface area contributed by atoms with Gasteiger partial charge in [0.15, 0.2) is 5.82 Å². The van der Waals surface area contributed by atoms with Crippen molar-refractivity contribution in [2.75, 3.05) is 0 Å². The largest absolute Gasteiger partial charge is 0.238 e. The molecular weight excluding hydrogens is 274 g/mol. The molecule has 0 radical (unpaired) electrons. The number of nitriles is 1. The molecule has 1 rings (SSSR count). The van der Waals surface area contributed by atoms with Gasteiger partial charge in [0.05, 0.1) is 0 Å². The summed E-state index contributed by atoms with van der Waals surface area (Å²) >= 11 is 6.24. The number of aromatic nitrogens is 2. The van der Waals surface area contributed by atoms with Crippen molar-refractivity contribution in [1.29, 1.82) is 5.26 Å². The molecule has 1 aromatic heterocycles. The second-order valence-corrected chi connectivity index (χ2v) is 5.20. The third-order valence-electron chi connectivity index (χ3n) is 0.987. The molecule has 56 valence electrons. The van der Waals surface area contributed by atoms with E-state index < -0.39 is 3.23 Å². The lowest BCUT2D eigenvalue weighted by molar-refractivity contribution is 0.960. The Hall–Kier alpha value is -0.470. The van der Waals surface area contributed by atoms with Gasteiger partial charge in [0.25, 0.3) is 0 Å². The van der Waals surface area contributed by atoms with Gasteiger partial charge in [0.1, 0.15) is 6.07 Å². The molecule has 0 aliphatic carbocycles. The zero-order chi connectivity index (χ0) is 8.32. The van der Waals surface area contributed by atoms with Crippen molar-refractivity contribution in [1.82, 2.24) is 9.97 Å². The van der Waals surface area contributed by atoms with Crippen molar-refractivity contribution in [2.24, 2.45) is 0 Å². The SMILES string of the molecule is N#CC(Br)(Br)c1ncccn1. The summed E-state index contributed by atoms with van der Waals surface area (Å²) in [7, 11) is 0. The minimum atomic E-state index is -0.957. The Morgan fingerprint density at radius 1 is 1.36 bits per heavy atom. The van der Waals surface area contributed by atoms with Crippen LogP contribution in [0.25, 0.3) is 0 Å². The molecule has 0 N–H and O–H groups in total. The van der Waals surface area contributed by atoms with E-state index in [0.717, 1.165) is 0 Å². The normalized spacial score (nSPS) is 10.6. The van der Waals surface area contributed by atoms with Gasteiger partial charge in [-0.3, -0.25) is 0 Å². The summed E-state index contributed by atoms with van der Waals surface area (Å²) in [6.45, 7) is 0. The van der Waals surface area contributed by atoms with Crippen molar-refractivity contribution >= 4 is 31.9 Å². The zero-order valence-corrected chi connectivity index (χ0v) is 8.50. The molecule has 1 heterocycles. The first-order valence-electron chi connectivity index (χ1n) is 2.73. The third kappa shape index (κ3) is 1.98. The third-order valence-corrected chi connectivity index (χ3v) is 2.05. The van der Waals surface area contributed by atoms with Gasteiger partial charge in [-0.25, -0.2) is 9.97 Å². The summed E-state index contributed by atoms with van der Waals surface area (Å²) in [6.07, 6.45) is 3.16. The molecule has 0 fully saturated rings. The van der Waals surface area contributed by atoms with Crippen LogP contribution in [-0.4, -0.2) is 9.97 Å². The van der Waals surface area contributed by atoms with Crippen molar-refractivity contribution in [2.45, 2.75) is 3.23 Å². The van der Waals surface area contributed by atoms with E-state index in [0.29, 0.717) is 5.82 Å². The van der Waals surface area contributed by atoms with E-state index in [-0.39, 0.29) is 0 Å². The smallest absolute Gasteiger partial charge is 0.225 e. The lowest BCUT2D eigenvalue weighted by Gasteiger charge is -2.06. The quantitative estimate of drug-likeness (QED) is 0.737. The fourth-order valence-corrected chi connectivity index (χ4v) is 0.921. The number of hydrogen-bond acceptors (Lipinski definition) is 3. The average molecular weight is 277 g/mol. The van der Waals surface area contributed by atoms with Crippen LogP contribution < -0.4 is 0 Å². The van der Waals surface area contributed by atoms with E-state index in [4.69, 9.17) is 5.26 Å². The Morgan fingerprint density at radius 3 is 2.36 bits per heavy atom. The second-order valence-electron chi connectivity index (χ2n) is 1.76.